The molecule has 2 N–H and O–H groups in total. The van der Waals surface area contributed by atoms with Crippen LogP contribution in [0.5, 0.6) is 5.75 Å². The van der Waals surface area contributed by atoms with E-state index in [4.69, 9.17) is 16.3 Å². The van der Waals surface area contributed by atoms with E-state index in [1.807, 2.05) is 36.4 Å². The third-order valence-electron chi connectivity index (χ3n) is 4.20. The largest absolute Gasteiger partial charge is 0.490 e. The van der Waals surface area contributed by atoms with Crippen molar-refractivity contribution in [3.8, 4) is 5.75 Å². The van der Waals surface area contributed by atoms with Crippen LogP contribution >= 0.6 is 11.6 Å². The number of carbonyl (C=O) groups excluding carboxylic acids is 1. The Morgan fingerprint density at radius 1 is 1.22 bits per heavy atom. The molecule has 118 valence electrons. The van der Waals surface area contributed by atoms with Crippen molar-refractivity contribution in [2.24, 2.45) is 0 Å². The number of halogens is 1. The maximum Gasteiger partial charge on any atom is 0.257 e. The number of carbonyl (C=O) groups is 1. The normalized spacial score (nSPS) is 16.0. The molecule has 0 radical (unpaired) electrons. The molecule has 0 spiro atoms. The molecule has 1 fully saturated rings. The molecule has 0 atom stereocenters. The fourth-order valence-electron chi connectivity index (χ4n) is 2.80. The fourth-order valence-corrected chi connectivity index (χ4v) is 3.07. The van der Waals surface area contributed by atoms with E-state index in [2.05, 4.69) is 10.6 Å². The molecular weight excluding hydrogens is 312 g/mol. The van der Waals surface area contributed by atoms with Gasteiger partial charge >= 0.3 is 0 Å². The predicted molar refractivity (Wildman–Crippen MR) is 91.8 cm³/mol. The number of ether oxygens (including phenoxy) is 1. The highest BCUT2D eigenvalue weighted by molar-refractivity contribution is 6.34. The van der Waals surface area contributed by atoms with Gasteiger partial charge in [-0.1, -0.05) is 17.7 Å². The lowest BCUT2D eigenvalue weighted by molar-refractivity contribution is 0.102. The molecule has 0 unspecified atom stereocenters. The van der Waals surface area contributed by atoms with Gasteiger partial charge in [0.1, 0.15) is 12.4 Å². The number of benzene rings is 2. The van der Waals surface area contributed by atoms with Crippen LogP contribution in [-0.2, 0) is 0 Å². The summed E-state index contributed by atoms with van der Waals surface area (Å²) >= 11 is 6.28. The van der Waals surface area contributed by atoms with Crippen molar-refractivity contribution in [3.05, 3.63) is 52.5 Å². The lowest BCUT2D eigenvalue weighted by atomic mass is 10.1. The topological polar surface area (TPSA) is 50.4 Å². The van der Waals surface area contributed by atoms with Crippen LogP contribution in [0.25, 0.3) is 0 Å². The standard InChI is InChI=1S/C18H17ClN2O2/c19-15-9-12(11-1-2-11)3-5-14(15)18(22)21-13-4-6-16-17(10-13)23-8-7-20-16/h3-6,9-11,20H,1-2,7-8H2,(H,21,22). The smallest absolute Gasteiger partial charge is 0.257 e. The molecular formula is C18H17ClN2O2. The maximum absolute atomic E-state index is 12.4. The SMILES string of the molecule is O=C(Nc1ccc2c(c1)OCCN2)c1ccc(C2CC2)cc1Cl. The van der Waals surface area contributed by atoms with E-state index in [1.54, 1.807) is 0 Å². The second kappa shape index (κ2) is 5.78. The van der Waals surface area contributed by atoms with Crippen molar-refractivity contribution >= 4 is 28.9 Å². The molecule has 0 bridgehead atoms. The summed E-state index contributed by atoms with van der Waals surface area (Å²) in [6, 6.07) is 11.3. The molecule has 1 amide bonds. The number of nitrogens with one attached hydrogen (secondary N) is 2. The van der Waals surface area contributed by atoms with Crippen LogP contribution in [0.3, 0.4) is 0 Å². The van der Waals surface area contributed by atoms with Gasteiger partial charge in [-0.2, -0.15) is 0 Å². The van der Waals surface area contributed by atoms with Crippen LogP contribution in [-0.4, -0.2) is 19.1 Å². The van der Waals surface area contributed by atoms with Gasteiger partial charge in [-0.15, -0.1) is 0 Å². The number of hydrogen-bond acceptors (Lipinski definition) is 3. The van der Waals surface area contributed by atoms with Gasteiger partial charge in [0.2, 0.25) is 0 Å². The van der Waals surface area contributed by atoms with Gasteiger partial charge in [-0.05, 0) is 48.6 Å². The summed E-state index contributed by atoms with van der Waals surface area (Å²) in [7, 11) is 0. The third kappa shape index (κ3) is 2.99. The number of amides is 1. The second-order valence-electron chi connectivity index (χ2n) is 5.95. The fraction of sp³-hybridized carbons (Fsp3) is 0.278. The van der Waals surface area contributed by atoms with Crippen molar-refractivity contribution in [2.45, 2.75) is 18.8 Å². The van der Waals surface area contributed by atoms with Gasteiger partial charge in [-0.25, -0.2) is 0 Å². The first kappa shape index (κ1) is 14.4. The summed E-state index contributed by atoms with van der Waals surface area (Å²) in [4.78, 5) is 12.4. The Morgan fingerprint density at radius 2 is 2.09 bits per heavy atom. The zero-order chi connectivity index (χ0) is 15.8. The van der Waals surface area contributed by atoms with Gasteiger partial charge in [-0.3, -0.25) is 4.79 Å². The van der Waals surface area contributed by atoms with Gasteiger partial charge in [0.15, 0.2) is 0 Å². The number of fused-ring (bicyclic) bond motifs is 1. The zero-order valence-corrected chi connectivity index (χ0v) is 13.3. The van der Waals surface area contributed by atoms with E-state index < -0.39 is 0 Å². The Bertz CT molecular complexity index is 772. The summed E-state index contributed by atoms with van der Waals surface area (Å²) in [5.41, 5.74) is 3.36. The van der Waals surface area contributed by atoms with E-state index >= 15 is 0 Å². The molecule has 2 aliphatic rings. The molecule has 1 heterocycles. The van der Waals surface area contributed by atoms with Gasteiger partial charge < -0.3 is 15.4 Å². The van der Waals surface area contributed by atoms with E-state index in [0.717, 1.165) is 18.0 Å². The van der Waals surface area contributed by atoms with Crippen LogP contribution in [0.4, 0.5) is 11.4 Å². The van der Waals surface area contributed by atoms with Crippen molar-refractivity contribution in [2.75, 3.05) is 23.8 Å². The minimum Gasteiger partial charge on any atom is -0.490 e. The first-order chi connectivity index (χ1) is 11.2. The second-order valence-corrected chi connectivity index (χ2v) is 6.36. The third-order valence-corrected chi connectivity index (χ3v) is 4.51. The number of rotatable bonds is 3. The lowest BCUT2D eigenvalue weighted by Crippen LogP contribution is -2.18. The van der Waals surface area contributed by atoms with E-state index in [-0.39, 0.29) is 5.91 Å². The minimum atomic E-state index is -0.207. The molecule has 0 saturated heterocycles. The molecule has 4 nitrogen and oxygen atoms in total. The molecule has 23 heavy (non-hydrogen) atoms. The first-order valence-electron chi connectivity index (χ1n) is 7.82. The molecule has 0 aromatic heterocycles. The van der Waals surface area contributed by atoms with E-state index in [9.17, 15) is 4.79 Å². The van der Waals surface area contributed by atoms with Crippen LogP contribution in [0.1, 0.15) is 34.7 Å². The molecule has 5 heteroatoms. The molecule has 2 aromatic carbocycles. The van der Waals surface area contributed by atoms with E-state index in [0.29, 0.717) is 28.8 Å². The average Bonchev–Trinajstić information content (AvgIpc) is 3.39. The Hall–Kier alpha value is -2.20. The molecule has 1 aliphatic heterocycles. The zero-order valence-electron chi connectivity index (χ0n) is 12.6. The van der Waals surface area contributed by atoms with Crippen LogP contribution in [0.2, 0.25) is 5.02 Å². The van der Waals surface area contributed by atoms with E-state index in [1.165, 1.54) is 18.4 Å². The maximum atomic E-state index is 12.4. The molecule has 1 aliphatic carbocycles. The lowest BCUT2D eigenvalue weighted by Gasteiger charge is -2.19. The summed E-state index contributed by atoms with van der Waals surface area (Å²) in [5, 5.41) is 6.63. The minimum absolute atomic E-state index is 0.207. The highest BCUT2D eigenvalue weighted by Crippen LogP contribution is 2.41. The highest BCUT2D eigenvalue weighted by Gasteiger charge is 2.24. The molecule has 2 aromatic rings. The van der Waals surface area contributed by atoms with Crippen molar-refractivity contribution < 1.29 is 9.53 Å². The van der Waals surface area contributed by atoms with Crippen LogP contribution in [0, 0.1) is 0 Å². The summed E-state index contributed by atoms with van der Waals surface area (Å²) in [6.45, 7) is 1.42. The number of anilines is 2. The van der Waals surface area contributed by atoms with Crippen molar-refractivity contribution in [1.82, 2.24) is 0 Å². The predicted octanol–water partition coefficient (Wildman–Crippen LogP) is 4.27. The Labute approximate surface area is 139 Å². The van der Waals surface area contributed by atoms with Gasteiger partial charge in [0.25, 0.3) is 5.91 Å². The monoisotopic (exact) mass is 328 g/mol. The van der Waals surface area contributed by atoms with Crippen LogP contribution < -0.4 is 15.4 Å². The van der Waals surface area contributed by atoms with Crippen molar-refractivity contribution in [1.29, 1.82) is 0 Å². The Kier molecular flexibility index (Phi) is 3.62. The summed E-state index contributed by atoms with van der Waals surface area (Å²) in [6.07, 6.45) is 2.43. The van der Waals surface area contributed by atoms with Gasteiger partial charge in [0.05, 0.1) is 16.3 Å². The Morgan fingerprint density at radius 3 is 2.87 bits per heavy atom. The first-order valence-corrected chi connectivity index (χ1v) is 8.20. The van der Waals surface area contributed by atoms with Crippen LogP contribution in [0.15, 0.2) is 36.4 Å². The molecule has 1 saturated carbocycles. The summed E-state index contributed by atoms with van der Waals surface area (Å²) < 4.78 is 5.58. The van der Waals surface area contributed by atoms with Crippen molar-refractivity contribution in [3.63, 3.8) is 0 Å². The Balaban J connectivity index is 1.53. The number of hydrogen-bond donors (Lipinski definition) is 2. The quantitative estimate of drug-likeness (QED) is 0.884. The molecule has 4 rings (SSSR count). The highest BCUT2D eigenvalue weighted by atomic mass is 35.5. The summed E-state index contributed by atoms with van der Waals surface area (Å²) in [5.74, 6) is 1.17. The average molecular weight is 329 g/mol. The van der Waals surface area contributed by atoms with Gasteiger partial charge in [0, 0.05) is 18.3 Å².